The second kappa shape index (κ2) is 2.45. The summed E-state index contributed by atoms with van der Waals surface area (Å²) in [6.45, 7) is 0. The van der Waals surface area contributed by atoms with E-state index in [0.29, 0.717) is 11.7 Å². The lowest BCUT2D eigenvalue weighted by molar-refractivity contribution is 0.348. The predicted octanol–water partition coefficient (Wildman–Crippen LogP) is 1.01. The van der Waals surface area contributed by atoms with Crippen molar-refractivity contribution in [1.29, 1.82) is 0 Å². The summed E-state index contributed by atoms with van der Waals surface area (Å²) in [5.41, 5.74) is 6.43. The molecule has 72 valence electrons. The van der Waals surface area contributed by atoms with Crippen molar-refractivity contribution in [2.24, 2.45) is 5.73 Å². The zero-order valence-corrected chi connectivity index (χ0v) is 7.53. The third-order valence-corrected chi connectivity index (χ3v) is 2.48. The van der Waals surface area contributed by atoms with Gasteiger partial charge in [-0.3, -0.25) is 0 Å². The Morgan fingerprint density at radius 2 is 2.36 bits per heavy atom. The number of nitrogens with two attached hydrogens (primary N) is 1. The second-order valence-corrected chi connectivity index (χ2v) is 3.66. The van der Waals surface area contributed by atoms with Gasteiger partial charge in [0, 0.05) is 6.20 Å². The second-order valence-electron chi connectivity index (χ2n) is 3.66. The van der Waals surface area contributed by atoms with Crippen molar-refractivity contribution in [2.45, 2.75) is 18.4 Å². The molecule has 0 radical (unpaired) electrons. The van der Waals surface area contributed by atoms with Gasteiger partial charge in [-0.15, -0.1) is 0 Å². The zero-order valence-electron chi connectivity index (χ0n) is 7.53. The number of rotatable bonds is 2. The fraction of sp³-hybridized carbons (Fsp3) is 0.333. The summed E-state index contributed by atoms with van der Waals surface area (Å²) >= 11 is 0. The average molecular weight is 190 g/mol. The van der Waals surface area contributed by atoms with Crippen molar-refractivity contribution < 1.29 is 4.52 Å². The Labute approximate surface area is 80.3 Å². The van der Waals surface area contributed by atoms with Crippen LogP contribution in [-0.2, 0) is 5.54 Å². The highest BCUT2D eigenvalue weighted by Crippen LogP contribution is 2.41. The molecule has 1 aliphatic rings. The van der Waals surface area contributed by atoms with Gasteiger partial charge in [-0.05, 0) is 25.0 Å². The molecule has 14 heavy (non-hydrogen) atoms. The topological polar surface area (TPSA) is 80.7 Å². The molecule has 0 spiro atoms. The van der Waals surface area contributed by atoms with Crippen LogP contribution in [-0.4, -0.2) is 15.1 Å². The van der Waals surface area contributed by atoms with E-state index in [0.717, 1.165) is 18.5 Å². The fourth-order valence-corrected chi connectivity index (χ4v) is 1.35. The Kier molecular flexibility index (Phi) is 1.36. The normalized spacial score (nSPS) is 18.4. The maximum atomic E-state index is 5.93. The first-order chi connectivity index (χ1) is 6.78. The lowest BCUT2D eigenvalue weighted by Gasteiger charge is -1.97. The van der Waals surface area contributed by atoms with E-state index >= 15 is 0 Å². The van der Waals surface area contributed by atoms with E-state index < -0.39 is 0 Å². The first kappa shape index (κ1) is 7.75. The van der Waals surface area contributed by atoms with E-state index in [4.69, 9.17) is 10.3 Å². The van der Waals surface area contributed by atoms with E-state index in [-0.39, 0.29) is 5.54 Å². The van der Waals surface area contributed by atoms with Gasteiger partial charge in [-0.25, -0.2) is 0 Å². The van der Waals surface area contributed by atoms with E-state index in [2.05, 4.69) is 15.1 Å². The average Bonchev–Trinajstić information content (AvgIpc) is 2.73. The van der Waals surface area contributed by atoms with Crippen LogP contribution < -0.4 is 5.73 Å². The quantitative estimate of drug-likeness (QED) is 0.740. The largest absolute Gasteiger partial charge is 0.359 e. The number of aromatic amines is 1. The summed E-state index contributed by atoms with van der Waals surface area (Å²) in [6.07, 6.45) is 3.68. The highest BCUT2D eigenvalue weighted by molar-refractivity contribution is 5.48. The molecule has 2 aromatic rings. The van der Waals surface area contributed by atoms with Crippen LogP contribution in [0.25, 0.3) is 11.5 Å². The van der Waals surface area contributed by atoms with Crippen molar-refractivity contribution in [1.82, 2.24) is 15.1 Å². The number of aromatic nitrogens is 3. The van der Waals surface area contributed by atoms with Gasteiger partial charge < -0.3 is 15.2 Å². The van der Waals surface area contributed by atoms with E-state index in [1.165, 1.54) is 0 Å². The van der Waals surface area contributed by atoms with Crippen LogP contribution >= 0.6 is 0 Å². The number of nitrogens with one attached hydrogen (secondary N) is 1. The number of H-pyrrole nitrogens is 1. The minimum Gasteiger partial charge on any atom is -0.359 e. The van der Waals surface area contributed by atoms with Crippen molar-refractivity contribution in [2.75, 3.05) is 0 Å². The van der Waals surface area contributed by atoms with Gasteiger partial charge in [-0.2, -0.15) is 4.98 Å². The third kappa shape index (κ3) is 1.06. The van der Waals surface area contributed by atoms with Crippen LogP contribution in [0, 0.1) is 0 Å². The molecule has 0 atom stereocenters. The molecule has 1 saturated carbocycles. The molecule has 2 heterocycles. The highest BCUT2D eigenvalue weighted by atomic mass is 16.5. The van der Waals surface area contributed by atoms with Gasteiger partial charge in [0.25, 0.3) is 0 Å². The maximum Gasteiger partial charge on any atom is 0.247 e. The minimum atomic E-state index is -0.349. The third-order valence-electron chi connectivity index (χ3n) is 2.48. The Hall–Kier alpha value is -1.62. The standard InChI is InChI=1S/C9H10N4O/c10-9(3-4-9)8-12-7(13-14-8)6-2-1-5-11-6/h1-2,5,11H,3-4,10H2. The first-order valence-electron chi connectivity index (χ1n) is 4.55. The van der Waals surface area contributed by atoms with Gasteiger partial charge in [-0.1, -0.05) is 5.16 Å². The van der Waals surface area contributed by atoms with Gasteiger partial charge in [0.05, 0.1) is 11.2 Å². The summed E-state index contributed by atoms with van der Waals surface area (Å²) in [7, 11) is 0. The maximum absolute atomic E-state index is 5.93. The van der Waals surface area contributed by atoms with Gasteiger partial charge >= 0.3 is 0 Å². The molecule has 1 fully saturated rings. The molecule has 1 aliphatic carbocycles. The Balaban J connectivity index is 1.98. The van der Waals surface area contributed by atoms with E-state index in [1.54, 1.807) is 0 Å². The van der Waals surface area contributed by atoms with Crippen LogP contribution in [0.15, 0.2) is 22.9 Å². The number of hydrogen-bond donors (Lipinski definition) is 2. The van der Waals surface area contributed by atoms with Gasteiger partial charge in [0.1, 0.15) is 0 Å². The zero-order chi connectivity index (χ0) is 9.60. The molecule has 0 aliphatic heterocycles. The number of hydrogen-bond acceptors (Lipinski definition) is 4. The minimum absolute atomic E-state index is 0.349. The molecule has 0 amide bonds. The van der Waals surface area contributed by atoms with Gasteiger partial charge in [0.2, 0.25) is 11.7 Å². The lowest BCUT2D eigenvalue weighted by atomic mass is 10.3. The smallest absolute Gasteiger partial charge is 0.247 e. The molecule has 0 saturated heterocycles. The monoisotopic (exact) mass is 190 g/mol. The molecular formula is C9H10N4O. The molecule has 5 nitrogen and oxygen atoms in total. The van der Waals surface area contributed by atoms with Crippen molar-refractivity contribution in [3.63, 3.8) is 0 Å². The summed E-state index contributed by atoms with van der Waals surface area (Å²) < 4.78 is 5.11. The summed E-state index contributed by atoms with van der Waals surface area (Å²) in [4.78, 5) is 7.27. The van der Waals surface area contributed by atoms with E-state index in [9.17, 15) is 0 Å². The molecule has 3 rings (SSSR count). The molecule has 0 aromatic carbocycles. The molecule has 3 N–H and O–H groups in total. The van der Waals surface area contributed by atoms with Crippen LogP contribution in [0.4, 0.5) is 0 Å². The van der Waals surface area contributed by atoms with Crippen molar-refractivity contribution >= 4 is 0 Å². The number of nitrogens with zero attached hydrogens (tertiary/aromatic N) is 2. The van der Waals surface area contributed by atoms with Crippen LogP contribution in [0.1, 0.15) is 18.7 Å². The van der Waals surface area contributed by atoms with Crippen LogP contribution in [0.5, 0.6) is 0 Å². The summed E-state index contributed by atoms with van der Waals surface area (Å²) in [5, 5.41) is 3.87. The molecule has 2 aromatic heterocycles. The predicted molar refractivity (Wildman–Crippen MR) is 49.2 cm³/mol. The Morgan fingerprint density at radius 3 is 3.00 bits per heavy atom. The first-order valence-corrected chi connectivity index (χ1v) is 4.55. The van der Waals surface area contributed by atoms with Crippen molar-refractivity contribution in [3.8, 4) is 11.5 Å². The summed E-state index contributed by atoms with van der Waals surface area (Å²) in [6, 6.07) is 3.78. The highest BCUT2D eigenvalue weighted by Gasteiger charge is 2.45. The summed E-state index contributed by atoms with van der Waals surface area (Å²) in [5.74, 6) is 1.11. The van der Waals surface area contributed by atoms with Crippen molar-refractivity contribution in [3.05, 3.63) is 24.2 Å². The Morgan fingerprint density at radius 1 is 1.50 bits per heavy atom. The molecule has 0 bridgehead atoms. The van der Waals surface area contributed by atoms with Crippen LogP contribution in [0.3, 0.4) is 0 Å². The molecule has 0 unspecified atom stereocenters. The molecule has 5 heteroatoms. The molecular weight excluding hydrogens is 180 g/mol. The lowest BCUT2D eigenvalue weighted by Crippen LogP contribution is -2.18. The van der Waals surface area contributed by atoms with E-state index in [1.807, 2.05) is 18.3 Å². The SMILES string of the molecule is NC1(c2nc(-c3ccc[nH]3)no2)CC1. The van der Waals surface area contributed by atoms with Crippen LogP contribution in [0.2, 0.25) is 0 Å². The van der Waals surface area contributed by atoms with Gasteiger partial charge in [0.15, 0.2) is 0 Å². The fourth-order valence-electron chi connectivity index (χ4n) is 1.35. The Bertz CT molecular complexity index is 441.